The second kappa shape index (κ2) is 11.9. The van der Waals surface area contributed by atoms with E-state index in [1.165, 1.54) is 4.90 Å². The van der Waals surface area contributed by atoms with Crippen LogP contribution in [0, 0.1) is 0 Å². The average molecular weight is 501 g/mol. The maximum absolute atomic E-state index is 11.9. The Bertz CT molecular complexity index is 666. The van der Waals surface area contributed by atoms with Crippen molar-refractivity contribution < 1.29 is 9.59 Å². The van der Waals surface area contributed by atoms with E-state index in [-0.39, 0.29) is 54.4 Å². The molecule has 7 nitrogen and oxygen atoms in total. The third kappa shape index (κ3) is 7.29. The van der Waals surface area contributed by atoms with Crippen molar-refractivity contribution in [1.29, 1.82) is 0 Å². The van der Waals surface area contributed by atoms with Gasteiger partial charge >= 0.3 is 0 Å². The largest absolute Gasteiger partial charge is 0.352 e. The average Bonchev–Trinajstić information content (AvgIpc) is 3.14. The van der Waals surface area contributed by atoms with Gasteiger partial charge in [0.05, 0.1) is 6.04 Å². The van der Waals surface area contributed by atoms with Gasteiger partial charge in [0, 0.05) is 39.6 Å². The second-order valence-electron chi connectivity index (χ2n) is 7.05. The molecule has 0 saturated carbocycles. The van der Waals surface area contributed by atoms with Crippen LogP contribution in [0.15, 0.2) is 35.3 Å². The molecule has 0 aliphatic carbocycles. The first kappa shape index (κ1) is 24.2. The summed E-state index contributed by atoms with van der Waals surface area (Å²) in [4.78, 5) is 31.7. The highest BCUT2D eigenvalue weighted by Crippen LogP contribution is 2.13. The molecule has 28 heavy (non-hydrogen) atoms. The van der Waals surface area contributed by atoms with Gasteiger partial charge in [0.15, 0.2) is 5.96 Å². The van der Waals surface area contributed by atoms with E-state index in [2.05, 4.69) is 34.7 Å². The summed E-state index contributed by atoms with van der Waals surface area (Å²) < 4.78 is 0. The molecular weight excluding hydrogens is 469 g/mol. The van der Waals surface area contributed by atoms with Gasteiger partial charge in [0.2, 0.25) is 11.8 Å². The summed E-state index contributed by atoms with van der Waals surface area (Å²) in [5.74, 6) is 0.709. The van der Waals surface area contributed by atoms with Crippen LogP contribution < -0.4 is 10.6 Å². The SMILES string of the molecule is CCC(=O)N1CCC(NC(=NCC(=O)N(C)C)NC(C)c2ccccc2)C1.I. The normalized spacial score (nSPS) is 17.5. The van der Waals surface area contributed by atoms with Crippen molar-refractivity contribution in [3.8, 4) is 0 Å². The van der Waals surface area contributed by atoms with E-state index in [1.54, 1.807) is 14.1 Å². The number of halogens is 1. The number of guanidine groups is 1. The molecule has 156 valence electrons. The number of likely N-dealkylation sites (tertiary alicyclic amines) is 1. The minimum absolute atomic E-state index is 0. The topological polar surface area (TPSA) is 77.0 Å². The van der Waals surface area contributed by atoms with Crippen molar-refractivity contribution >= 4 is 41.8 Å². The van der Waals surface area contributed by atoms with Gasteiger partial charge in [-0.05, 0) is 18.9 Å². The Kier molecular flexibility index (Phi) is 10.3. The van der Waals surface area contributed by atoms with Gasteiger partial charge in [0.25, 0.3) is 0 Å². The number of carbonyl (C=O) groups is 2. The fourth-order valence-corrected chi connectivity index (χ4v) is 2.97. The predicted molar refractivity (Wildman–Crippen MR) is 123 cm³/mol. The molecule has 1 fully saturated rings. The summed E-state index contributed by atoms with van der Waals surface area (Å²) >= 11 is 0. The molecule has 1 aromatic carbocycles. The molecule has 0 spiro atoms. The summed E-state index contributed by atoms with van der Waals surface area (Å²) in [6.07, 6.45) is 1.39. The molecule has 2 rings (SSSR count). The van der Waals surface area contributed by atoms with Crippen LogP contribution in [0.25, 0.3) is 0 Å². The molecular formula is C20H32IN5O2. The molecule has 1 aromatic rings. The molecule has 1 aliphatic rings. The van der Waals surface area contributed by atoms with Gasteiger partial charge in [-0.3, -0.25) is 9.59 Å². The number of nitrogens with zero attached hydrogens (tertiary/aromatic N) is 3. The lowest BCUT2D eigenvalue weighted by Crippen LogP contribution is -2.46. The lowest BCUT2D eigenvalue weighted by Gasteiger charge is -2.22. The fourth-order valence-electron chi connectivity index (χ4n) is 2.97. The van der Waals surface area contributed by atoms with Gasteiger partial charge in [-0.15, -0.1) is 24.0 Å². The molecule has 0 bridgehead atoms. The van der Waals surface area contributed by atoms with Crippen LogP contribution in [0.3, 0.4) is 0 Å². The zero-order valence-electron chi connectivity index (χ0n) is 17.1. The van der Waals surface area contributed by atoms with E-state index in [9.17, 15) is 9.59 Å². The van der Waals surface area contributed by atoms with Crippen molar-refractivity contribution in [3.63, 3.8) is 0 Å². The first-order valence-corrected chi connectivity index (χ1v) is 9.51. The number of aliphatic imine (C=N–C) groups is 1. The lowest BCUT2D eigenvalue weighted by atomic mass is 10.1. The van der Waals surface area contributed by atoms with Crippen LogP contribution in [0.4, 0.5) is 0 Å². The molecule has 1 aliphatic heterocycles. The number of nitrogens with one attached hydrogen (secondary N) is 2. The smallest absolute Gasteiger partial charge is 0.243 e. The third-order valence-corrected chi connectivity index (χ3v) is 4.71. The van der Waals surface area contributed by atoms with E-state index in [0.717, 1.165) is 18.5 Å². The maximum atomic E-state index is 11.9. The molecule has 2 unspecified atom stereocenters. The van der Waals surface area contributed by atoms with E-state index >= 15 is 0 Å². The molecule has 2 amide bonds. The van der Waals surface area contributed by atoms with E-state index in [0.29, 0.717) is 18.9 Å². The first-order valence-electron chi connectivity index (χ1n) is 9.51. The molecule has 1 saturated heterocycles. The van der Waals surface area contributed by atoms with Crippen LogP contribution >= 0.6 is 24.0 Å². The molecule has 0 aromatic heterocycles. The number of benzene rings is 1. The number of hydrogen-bond acceptors (Lipinski definition) is 3. The maximum Gasteiger partial charge on any atom is 0.243 e. The molecule has 1 heterocycles. The highest BCUT2D eigenvalue weighted by molar-refractivity contribution is 14.0. The second-order valence-corrected chi connectivity index (χ2v) is 7.05. The minimum atomic E-state index is -0.0577. The Hall–Kier alpha value is -1.84. The molecule has 8 heteroatoms. The van der Waals surface area contributed by atoms with Gasteiger partial charge in [-0.1, -0.05) is 37.3 Å². The summed E-state index contributed by atoms with van der Waals surface area (Å²) in [5, 5.41) is 6.77. The lowest BCUT2D eigenvalue weighted by molar-refractivity contribution is -0.130. The van der Waals surface area contributed by atoms with Crippen molar-refractivity contribution in [1.82, 2.24) is 20.4 Å². The first-order chi connectivity index (χ1) is 12.9. The predicted octanol–water partition coefficient (Wildman–Crippen LogP) is 2.00. The van der Waals surface area contributed by atoms with Crippen molar-refractivity contribution in [3.05, 3.63) is 35.9 Å². The van der Waals surface area contributed by atoms with Gasteiger partial charge in [-0.25, -0.2) is 4.99 Å². The fraction of sp³-hybridized carbons (Fsp3) is 0.550. The Balaban J connectivity index is 0.00000392. The third-order valence-electron chi connectivity index (χ3n) is 4.71. The monoisotopic (exact) mass is 501 g/mol. The summed E-state index contributed by atoms with van der Waals surface area (Å²) in [5.41, 5.74) is 1.14. The van der Waals surface area contributed by atoms with Gasteiger partial charge in [0.1, 0.15) is 6.54 Å². The van der Waals surface area contributed by atoms with Gasteiger partial charge < -0.3 is 20.4 Å². The summed E-state index contributed by atoms with van der Waals surface area (Å²) in [6.45, 7) is 5.43. The van der Waals surface area contributed by atoms with Crippen LogP contribution in [0.5, 0.6) is 0 Å². The number of rotatable bonds is 6. The summed E-state index contributed by atoms with van der Waals surface area (Å²) in [7, 11) is 3.44. The number of hydrogen-bond donors (Lipinski definition) is 2. The van der Waals surface area contributed by atoms with E-state index in [4.69, 9.17) is 0 Å². The quantitative estimate of drug-likeness (QED) is 0.355. The van der Waals surface area contributed by atoms with Crippen LogP contribution in [-0.4, -0.2) is 67.3 Å². The Labute approximate surface area is 185 Å². The van der Waals surface area contributed by atoms with Gasteiger partial charge in [-0.2, -0.15) is 0 Å². The highest BCUT2D eigenvalue weighted by atomic mass is 127. The molecule has 0 radical (unpaired) electrons. The van der Waals surface area contributed by atoms with Crippen molar-refractivity contribution in [2.75, 3.05) is 33.7 Å². The van der Waals surface area contributed by atoms with E-state index < -0.39 is 0 Å². The van der Waals surface area contributed by atoms with E-state index in [1.807, 2.05) is 30.0 Å². The van der Waals surface area contributed by atoms with Crippen LogP contribution in [0.1, 0.15) is 38.3 Å². The Morgan fingerprint density at radius 1 is 1.29 bits per heavy atom. The number of likely N-dealkylation sites (N-methyl/N-ethyl adjacent to an activating group) is 1. The highest BCUT2D eigenvalue weighted by Gasteiger charge is 2.26. The minimum Gasteiger partial charge on any atom is -0.352 e. The Morgan fingerprint density at radius 2 is 1.96 bits per heavy atom. The number of carbonyl (C=O) groups excluding carboxylic acids is 2. The van der Waals surface area contributed by atoms with Crippen molar-refractivity contribution in [2.24, 2.45) is 4.99 Å². The molecule has 2 N–H and O–H groups in total. The Morgan fingerprint density at radius 3 is 2.57 bits per heavy atom. The van der Waals surface area contributed by atoms with Crippen LogP contribution in [-0.2, 0) is 9.59 Å². The van der Waals surface area contributed by atoms with Crippen LogP contribution in [0.2, 0.25) is 0 Å². The summed E-state index contributed by atoms with van der Waals surface area (Å²) in [6, 6.07) is 10.3. The van der Waals surface area contributed by atoms with Crippen molar-refractivity contribution in [2.45, 2.75) is 38.8 Å². The zero-order chi connectivity index (χ0) is 19.8. The standard InChI is InChI=1S/C20H31N5O2.HI/c1-5-18(26)25-12-11-17(14-25)23-20(21-13-19(27)24(3)4)22-15(2)16-9-7-6-8-10-16;/h6-10,15,17H,5,11-14H2,1-4H3,(H2,21,22,23);1H. The molecule has 2 atom stereocenters. The number of amides is 2. The zero-order valence-corrected chi connectivity index (χ0v) is 19.5.